The number of hydrogen-bond donors (Lipinski definition) is 0. The summed E-state index contributed by atoms with van der Waals surface area (Å²) in [5.74, 6) is -4.55. The Kier molecular flexibility index (Phi) is 5.22. The van der Waals surface area contributed by atoms with E-state index in [4.69, 9.17) is 32.7 Å². The van der Waals surface area contributed by atoms with Crippen LogP contribution in [-0.2, 0) is 19.1 Å². The normalized spacial score (nSPS) is 30.3. The average Bonchev–Trinajstić information content (AvgIpc) is 3.36. The fraction of sp³-hybridized carbons (Fsp3) is 0.241. The van der Waals surface area contributed by atoms with Crippen LogP contribution in [0.2, 0.25) is 0 Å². The number of rotatable bonds is 5. The first-order chi connectivity index (χ1) is 17.4. The van der Waals surface area contributed by atoms with Crippen molar-refractivity contribution in [2.24, 2.45) is 11.8 Å². The van der Waals surface area contributed by atoms with Crippen molar-refractivity contribution >= 4 is 51.8 Å². The number of methoxy groups -OCH3 is 2. The Bertz CT molecular complexity index is 1310. The van der Waals surface area contributed by atoms with Crippen molar-refractivity contribution in [2.45, 2.75) is 15.5 Å². The summed E-state index contributed by atoms with van der Waals surface area (Å²) in [7, 11) is 2.92. The van der Waals surface area contributed by atoms with E-state index >= 15 is 0 Å². The Hall–Kier alpha value is -2.96. The van der Waals surface area contributed by atoms with Gasteiger partial charge in [-0.05, 0) is 34.4 Å². The third-order valence-corrected chi connectivity index (χ3v) is 9.16. The summed E-state index contributed by atoms with van der Waals surface area (Å²) in [4.78, 5) is 26.2. The molecule has 3 aromatic carbocycles. The van der Waals surface area contributed by atoms with Gasteiger partial charge in [0.15, 0.2) is 0 Å². The van der Waals surface area contributed by atoms with Gasteiger partial charge in [0.1, 0.15) is 9.75 Å². The van der Waals surface area contributed by atoms with Gasteiger partial charge in [-0.1, -0.05) is 78.9 Å². The molecule has 3 aliphatic rings. The van der Waals surface area contributed by atoms with Crippen LogP contribution in [0.1, 0.15) is 11.1 Å². The van der Waals surface area contributed by atoms with E-state index in [9.17, 15) is 9.59 Å². The van der Waals surface area contributed by atoms with Gasteiger partial charge in [-0.15, -0.1) is 23.2 Å². The quantitative estimate of drug-likeness (QED) is 0.258. The molecular weight excluding hydrogens is 497 g/mol. The second-order valence-electron chi connectivity index (χ2n) is 9.23. The number of anilines is 1. The lowest BCUT2D eigenvalue weighted by molar-refractivity contribution is -0.217. The maximum atomic E-state index is 14.1. The molecule has 36 heavy (non-hydrogen) atoms. The Balaban J connectivity index is 1.70. The summed E-state index contributed by atoms with van der Waals surface area (Å²) in [6.45, 7) is 0. The molecule has 2 amide bonds. The van der Waals surface area contributed by atoms with Gasteiger partial charge in [0.2, 0.25) is 17.6 Å². The Labute approximate surface area is 219 Å². The van der Waals surface area contributed by atoms with E-state index in [0.29, 0.717) is 16.8 Å². The predicted octanol–water partition coefficient (Wildman–Crippen LogP) is 5.37. The molecule has 182 valence electrons. The highest BCUT2D eigenvalue weighted by Gasteiger charge is 2.89. The molecule has 4 atom stereocenters. The second kappa shape index (κ2) is 8.02. The van der Waals surface area contributed by atoms with Crippen molar-refractivity contribution in [3.63, 3.8) is 0 Å². The van der Waals surface area contributed by atoms with Gasteiger partial charge in [0, 0.05) is 14.2 Å². The lowest BCUT2D eigenvalue weighted by Crippen LogP contribution is -2.60. The van der Waals surface area contributed by atoms with Gasteiger partial charge in [-0.25, -0.2) is 4.90 Å². The van der Waals surface area contributed by atoms with E-state index in [1.165, 1.54) is 19.1 Å². The first-order valence-electron chi connectivity index (χ1n) is 11.7. The van der Waals surface area contributed by atoms with Gasteiger partial charge >= 0.3 is 0 Å². The van der Waals surface area contributed by atoms with E-state index in [0.717, 1.165) is 11.1 Å². The van der Waals surface area contributed by atoms with Gasteiger partial charge < -0.3 is 9.47 Å². The van der Waals surface area contributed by atoms with Crippen LogP contribution in [0.25, 0.3) is 11.1 Å². The van der Waals surface area contributed by atoms with Crippen LogP contribution in [0.15, 0.2) is 91.0 Å². The maximum Gasteiger partial charge on any atom is 0.240 e. The molecule has 7 heteroatoms. The molecule has 0 N–H and O–H groups in total. The molecule has 1 aliphatic heterocycles. The van der Waals surface area contributed by atoms with Crippen LogP contribution >= 0.6 is 23.2 Å². The molecule has 0 radical (unpaired) electrons. The van der Waals surface area contributed by atoms with E-state index in [2.05, 4.69) is 0 Å². The fourth-order valence-corrected chi connectivity index (χ4v) is 8.08. The monoisotopic (exact) mass is 519 g/mol. The van der Waals surface area contributed by atoms with Crippen molar-refractivity contribution in [1.82, 2.24) is 0 Å². The summed E-state index contributed by atoms with van der Waals surface area (Å²) in [5.41, 5.74) is 3.30. The van der Waals surface area contributed by atoms with E-state index in [1.54, 1.807) is 24.3 Å². The Morgan fingerprint density at radius 3 is 1.36 bits per heavy atom. The standard InChI is InChI=1S/C29H23Cl2NO4/c1-35-29(36-2)27(30)21(18-12-6-3-7-13-18)22(19-14-8-4-9-15-19)28(29,31)24-23(27)25(33)32(26(24)34)20-16-10-5-11-17-20/h3-17,23-24H,1-2H3/t23-,24-,27-,28+/m1/s1. The predicted molar refractivity (Wildman–Crippen MR) is 140 cm³/mol. The van der Waals surface area contributed by atoms with E-state index < -0.39 is 39.2 Å². The molecule has 1 saturated heterocycles. The number of carbonyl (C=O) groups excluding carboxylic acids is 2. The number of nitrogens with zero attached hydrogens (tertiary/aromatic N) is 1. The van der Waals surface area contributed by atoms with Crippen LogP contribution in [0.5, 0.6) is 0 Å². The van der Waals surface area contributed by atoms with Crippen molar-refractivity contribution in [2.75, 3.05) is 19.1 Å². The minimum atomic E-state index is -1.69. The zero-order valence-corrected chi connectivity index (χ0v) is 21.2. The largest absolute Gasteiger partial charge is 0.350 e. The lowest BCUT2D eigenvalue weighted by Gasteiger charge is -2.43. The first-order valence-corrected chi connectivity index (χ1v) is 12.4. The molecular formula is C29H23Cl2NO4. The SMILES string of the molecule is COC1(OC)[C@@]2(Cl)C(c3ccccc3)=C(c3ccccc3)[C@]1(Cl)[C@H]1C(=O)N(c3ccccc3)C(=O)[C@@H]12. The third-order valence-electron chi connectivity index (χ3n) is 7.81. The van der Waals surface area contributed by atoms with Crippen molar-refractivity contribution in [1.29, 1.82) is 0 Å². The van der Waals surface area contributed by atoms with Gasteiger partial charge in [0.25, 0.3) is 0 Å². The highest BCUT2D eigenvalue weighted by molar-refractivity contribution is 6.48. The minimum absolute atomic E-state index is 0.423. The van der Waals surface area contributed by atoms with Crippen molar-refractivity contribution in [3.8, 4) is 0 Å². The van der Waals surface area contributed by atoms with Crippen molar-refractivity contribution in [3.05, 3.63) is 102 Å². The van der Waals surface area contributed by atoms with Gasteiger partial charge in [0.05, 0.1) is 17.5 Å². The van der Waals surface area contributed by atoms with Crippen LogP contribution < -0.4 is 4.90 Å². The highest BCUT2D eigenvalue weighted by atomic mass is 35.5. The summed E-state index contributed by atoms with van der Waals surface area (Å²) >= 11 is 15.4. The zero-order valence-electron chi connectivity index (χ0n) is 19.7. The van der Waals surface area contributed by atoms with Gasteiger partial charge in [-0.2, -0.15) is 0 Å². The van der Waals surface area contributed by atoms with E-state index in [1.807, 2.05) is 66.7 Å². The molecule has 6 rings (SSSR count). The molecule has 0 spiro atoms. The summed E-state index contributed by atoms with van der Waals surface area (Å²) < 4.78 is 12.1. The number of halogens is 2. The summed E-state index contributed by atoms with van der Waals surface area (Å²) in [6, 6.07) is 27.9. The molecule has 0 unspecified atom stereocenters. The fourth-order valence-electron chi connectivity index (χ4n) is 6.58. The van der Waals surface area contributed by atoms with E-state index in [-0.39, 0.29) is 0 Å². The van der Waals surface area contributed by atoms with Crippen LogP contribution in [-0.4, -0.2) is 41.6 Å². The number of carbonyl (C=O) groups is 2. The molecule has 3 aromatic rings. The molecule has 2 fully saturated rings. The molecule has 5 nitrogen and oxygen atoms in total. The Morgan fingerprint density at radius 2 is 1.00 bits per heavy atom. The minimum Gasteiger partial charge on any atom is -0.350 e. The number of hydrogen-bond acceptors (Lipinski definition) is 4. The zero-order chi connectivity index (χ0) is 25.3. The summed E-state index contributed by atoms with van der Waals surface area (Å²) in [5, 5.41) is 0. The Morgan fingerprint density at radius 1 is 0.639 bits per heavy atom. The number of benzene rings is 3. The van der Waals surface area contributed by atoms with Crippen molar-refractivity contribution < 1.29 is 19.1 Å². The first kappa shape index (κ1) is 23.4. The van der Waals surface area contributed by atoms with Crippen LogP contribution in [0.3, 0.4) is 0 Å². The number of fused-ring (bicyclic) bond motifs is 5. The topological polar surface area (TPSA) is 55.8 Å². The molecule has 2 bridgehead atoms. The number of amides is 2. The number of imide groups is 1. The number of para-hydroxylation sites is 1. The summed E-state index contributed by atoms with van der Waals surface area (Å²) in [6.07, 6.45) is 0. The number of alkyl halides is 2. The highest BCUT2D eigenvalue weighted by Crippen LogP contribution is 2.77. The van der Waals surface area contributed by atoms with Crippen LogP contribution in [0, 0.1) is 11.8 Å². The number of ether oxygens (including phenoxy) is 2. The smallest absolute Gasteiger partial charge is 0.240 e. The molecule has 2 aliphatic carbocycles. The lowest BCUT2D eigenvalue weighted by atomic mass is 9.72. The molecule has 0 aromatic heterocycles. The second-order valence-corrected chi connectivity index (χ2v) is 10.4. The third kappa shape index (κ3) is 2.54. The van der Waals surface area contributed by atoms with Crippen LogP contribution in [0.4, 0.5) is 5.69 Å². The maximum absolute atomic E-state index is 14.1. The molecule has 1 heterocycles. The molecule has 1 saturated carbocycles. The average molecular weight is 520 g/mol. The van der Waals surface area contributed by atoms with Gasteiger partial charge in [-0.3, -0.25) is 9.59 Å².